The van der Waals surface area contributed by atoms with Crippen LogP contribution in [0, 0.1) is 6.92 Å². The van der Waals surface area contributed by atoms with Crippen molar-refractivity contribution in [2.45, 2.75) is 34.6 Å². The van der Waals surface area contributed by atoms with Gasteiger partial charge in [0.05, 0.1) is 5.57 Å². The molecule has 2 heteroatoms. The second kappa shape index (κ2) is 9.79. The van der Waals surface area contributed by atoms with E-state index in [1.165, 1.54) is 6.08 Å². The van der Waals surface area contributed by atoms with Crippen LogP contribution in [0.25, 0.3) is 0 Å². The maximum Gasteiger partial charge on any atom is 0.343 e. The van der Waals surface area contributed by atoms with Crippen molar-refractivity contribution < 1.29 is 9.53 Å². The standard InChI is InChI=1S/C16H18O2.C2H6/c1-5-14(9-6-12(2)3)16(17)18-15-10-7-13(4)8-11-15;1-2/h5-11H,1H2,2-4H3;1-2H3/b14-9+;. The Hall–Kier alpha value is -2.09. The average molecular weight is 272 g/mol. The summed E-state index contributed by atoms with van der Waals surface area (Å²) in [4.78, 5) is 11.9. The Balaban J connectivity index is 0.00000172. The van der Waals surface area contributed by atoms with Crippen molar-refractivity contribution in [1.29, 1.82) is 0 Å². The van der Waals surface area contributed by atoms with Crippen LogP contribution in [-0.4, -0.2) is 5.97 Å². The van der Waals surface area contributed by atoms with Gasteiger partial charge in [0.25, 0.3) is 0 Å². The molecule has 2 nitrogen and oxygen atoms in total. The maximum absolute atomic E-state index is 11.9. The van der Waals surface area contributed by atoms with Crippen LogP contribution in [0.5, 0.6) is 5.75 Å². The Morgan fingerprint density at radius 3 is 2.10 bits per heavy atom. The Morgan fingerprint density at radius 1 is 1.10 bits per heavy atom. The summed E-state index contributed by atoms with van der Waals surface area (Å²) >= 11 is 0. The Kier molecular flexibility index (Phi) is 8.77. The molecule has 0 aliphatic carbocycles. The highest BCUT2D eigenvalue weighted by Gasteiger charge is 2.07. The summed E-state index contributed by atoms with van der Waals surface area (Å²) in [6.07, 6.45) is 5.06. The van der Waals surface area contributed by atoms with E-state index in [0.29, 0.717) is 11.3 Å². The number of ether oxygens (including phenoxy) is 1. The molecule has 20 heavy (non-hydrogen) atoms. The molecular formula is C18H24O2. The van der Waals surface area contributed by atoms with Gasteiger partial charge in [0.15, 0.2) is 0 Å². The SMILES string of the molecule is C=C/C(=C\C=C(C)C)C(=O)Oc1ccc(C)cc1.CC. The van der Waals surface area contributed by atoms with Crippen LogP contribution in [0.1, 0.15) is 33.3 Å². The van der Waals surface area contributed by atoms with Crippen molar-refractivity contribution in [3.8, 4) is 5.75 Å². The zero-order chi connectivity index (χ0) is 15.5. The van der Waals surface area contributed by atoms with Crippen LogP contribution in [0.4, 0.5) is 0 Å². The summed E-state index contributed by atoms with van der Waals surface area (Å²) in [6, 6.07) is 7.34. The molecule has 1 aromatic carbocycles. The predicted octanol–water partition coefficient (Wildman–Crippen LogP) is 5.01. The molecule has 0 saturated heterocycles. The Bertz CT molecular complexity index is 487. The fourth-order valence-electron chi connectivity index (χ4n) is 1.25. The number of hydrogen-bond donors (Lipinski definition) is 0. The molecule has 0 atom stereocenters. The van der Waals surface area contributed by atoms with Gasteiger partial charge < -0.3 is 4.74 Å². The van der Waals surface area contributed by atoms with Gasteiger partial charge in [0.1, 0.15) is 5.75 Å². The van der Waals surface area contributed by atoms with Crippen LogP contribution in [0.15, 0.2) is 60.2 Å². The number of esters is 1. The number of hydrogen-bond acceptors (Lipinski definition) is 2. The van der Waals surface area contributed by atoms with E-state index in [9.17, 15) is 4.79 Å². The lowest BCUT2D eigenvalue weighted by Crippen LogP contribution is -2.09. The number of rotatable bonds is 4. The minimum absolute atomic E-state index is 0.397. The predicted molar refractivity (Wildman–Crippen MR) is 85.9 cm³/mol. The zero-order valence-electron chi connectivity index (χ0n) is 13.1. The molecular weight excluding hydrogens is 248 g/mol. The number of aryl methyl sites for hydroxylation is 1. The number of carbonyl (C=O) groups is 1. The fourth-order valence-corrected chi connectivity index (χ4v) is 1.25. The van der Waals surface area contributed by atoms with E-state index < -0.39 is 5.97 Å². The van der Waals surface area contributed by atoms with E-state index >= 15 is 0 Å². The molecule has 0 N–H and O–H groups in total. The molecule has 0 aliphatic heterocycles. The van der Waals surface area contributed by atoms with Crippen molar-refractivity contribution >= 4 is 5.97 Å². The van der Waals surface area contributed by atoms with E-state index in [1.54, 1.807) is 18.2 Å². The number of benzene rings is 1. The third-order valence-electron chi connectivity index (χ3n) is 2.28. The quantitative estimate of drug-likeness (QED) is 0.333. The van der Waals surface area contributed by atoms with Crippen molar-refractivity contribution in [2.24, 2.45) is 0 Å². The first-order valence-electron chi connectivity index (χ1n) is 6.79. The molecule has 1 aromatic rings. The third-order valence-corrected chi connectivity index (χ3v) is 2.28. The second-order valence-corrected chi connectivity index (χ2v) is 4.27. The van der Waals surface area contributed by atoms with Gasteiger partial charge in [-0.05, 0) is 39.0 Å². The molecule has 0 unspecified atom stereocenters. The van der Waals surface area contributed by atoms with Gasteiger partial charge in [-0.3, -0.25) is 0 Å². The van der Waals surface area contributed by atoms with E-state index in [0.717, 1.165) is 11.1 Å². The second-order valence-electron chi connectivity index (χ2n) is 4.27. The van der Waals surface area contributed by atoms with Gasteiger partial charge in [-0.2, -0.15) is 0 Å². The lowest BCUT2D eigenvalue weighted by molar-refractivity contribution is -0.129. The van der Waals surface area contributed by atoms with Crippen LogP contribution in [0.3, 0.4) is 0 Å². The van der Waals surface area contributed by atoms with E-state index in [2.05, 4.69) is 6.58 Å². The molecule has 0 aromatic heterocycles. The molecule has 0 radical (unpaired) electrons. The van der Waals surface area contributed by atoms with Gasteiger partial charge in [0, 0.05) is 0 Å². The highest BCUT2D eigenvalue weighted by atomic mass is 16.5. The molecule has 1 rings (SSSR count). The molecule has 108 valence electrons. The summed E-state index contributed by atoms with van der Waals surface area (Å²) in [7, 11) is 0. The topological polar surface area (TPSA) is 26.3 Å². The first kappa shape index (κ1) is 17.9. The van der Waals surface area contributed by atoms with Crippen molar-refractivity contribution in [3.63, 3.8) is 0 Å². The van der Waals surface area contributed by atoms with Gasteiger partial charge in [-0.1, -0.05) is 55.8 Å². The van der Waals surface area contributed by atoms with Crippen LogP contribution < -0.4 is 4.74 Å². The van der Waals surface area contributed by atoms with Crippen LogP contribution in [-0.2, 0) is 4.79 Å². The molecule has 0 saturated carbocycles. The molecule has 0 amide bonds. The van der Waals surface area contributed by atoms with Gasteiger partial charge in [-0.15, -0.1) is 0 Å². The summed E-state index contributed by atoms with van der Waals surface area (Å²) in [5, 5.41) is 0. The third kappa shape index (κ3) is 6.74. The largest absolute Gasteiger partial charge is 0.423 e. The number of carbonyl (C=O) groups excluding carboxylic acids is 1. The van der Waals surface area contributed by atoms with Crippen molar-refractivity contribution in [3.05, 3.63) is 65.8 Å². The average Bonchev–Trinajstić information content (AvgIpc) is 2.44. The van der Waals surface area contributed by atoms with E-state index in [1.807, 2.05) is 52.8 Å². The lowest BCUT2D eigenvalue weighted by atomic mass is 10.2. The molecule has 0 heterocycles. The van der Waals surface area contributed by atoms with E-state index in [4.69, 9.17) is 4.74 Å². The zero-order valence-corrected chi connectivity index (χ0v) is 13.1. The Morgan fingerprint density at radius 2 is 1.65 bits per heavy atom. The maximum atomic E-state index is 11.9. The highest BCUT2D eigenvalue weighted by molar-refractivity contribution is 5.93. The lowest BCUT2D eigenvalue weighted by Gasteiger charge is -2.04. The minimum atomic E-state index is -0.397. The van der Waals surface area contributed by atoms with Gasteiger partial charge in [0.2, 0.25) is 0 Å². The highest BCUT2D eigenvalue weighted by Crippen LogP contribution is 2.13. The first-order chi connectivity index (χ1) is 9.52. The fraction of sp³-hybridized carbons (Fsp3) is 0.278. The van der Waals surface area contributed by atoms with Crippen molar-refractivity contribution in [2.75, 3.05) is 0 Å². The van der Waals surface area contributed by atoms with Crippen molar-refractivity contribution in [1.82, 2.24) is 0 Å². The van der Waals surface area contributed by atoms with Crippen LogP contribution >= 0.6 is 0 Å². The molecule has 0 bridgehead atoms. The van der Waals surface area contributed by atoms with Crippen LogP contribution in [0.2, 0.25) is 0 Å². The van der Waals surface area contributed by atoms with Gasteiger partial charge >= 0.3 is 5.97 Å². The Labute approximate surface area is 122 Å². The summed E-state index contributed by atoms with van der Waals surface area (Å²) in [5.74, 6) is 0.141. The summed E-state index contributed by atoms with van der Waals surface area (Å²) in [6.45, 7) is 13.5. The molecule has 0 aliphatic rings. The van der Waals surface area contributed by atoms with E-state index in [-0.39, 0.29) is 0 Å². The molecule has 0 spiro atoms. The minimum Gasteiger partial charge on any atom is -0.423 e. The first-order valence-corrected chi connectivity index (χ1v) is 6.79. The normalized spacial score (nSPS) is 9.95. The summed E-state index contributed by atoms with van der Waals surface area (Å²) < 4.78 is 5.25. The molecule has 0 fully saturated rings. The summed E-state index contributed by atoms with van der Waals surface area (Å²) in [5.41, 5.74) is 2.67. The monoisotopic (exact) mass is 272 g/mol. The van der Waals surface area contributed by atoms with Gasteiger partial charge in [-0.25, -0.2) is 4.79 Å². The smallest absolute Gasteiger partial charge is 0.343 e. The number of allylic oxidation sites excluding steroid dienone is 3.